The third-order valence-corrected chi connectivity index (χ3v) is 7.75. The number of carbonyl (C=O) groups excluding carboxylic acids is 3. The van der Waals surface area contributed by atoms with E-state index in [1.807, 2.05) is 39.1 Å². The van der Waals surface area contributed by atoms with Gasteiger partial charge in [0.05, 0.1) is 0 Å². The molecule has 1 amide bonds. The van der Waals surface area contributed by atoms with Crippen molar-refractivity contribution in [2.75, 3.05) is 18.4 Å². The van der Waals surface area contributed by atoms with Crippen molar-refractivity contribution in [3.05, 3.63) is 108 Å². The Morgan fingerprint density at radius 1 is 0.776 bits per heavy atom. The largest absolute Gasteiger partial charge is 0.479 e. The Labute approximate surface area is 281 Å². The van der Waals surface area contributed by atoms with Gasteiger partial charge in [0.15, 0.2) is 0 Å². The van der Waals surface area contributed by atoms with Crippen molar-refractivity contribution < 1.29 is 49.1 Å². The molecule has 5 N–H and O–H groups in total. The van der Waals surface area contributed by atoms with E-state index in [-0.39, 0.29) is 12.1 Å². The van der Waals surface area contributed by atoms with Crippen molar-refractivity contribution in [3.8, 4) is 0 Å². The molecule has 256 valence electrons. The van der Waals surface area contributed by atoms with Gasteiger partial charge in [0.2, 0.25) is 11.6 Å². The number of ether oxygens (including phenoxy) is 1. The van der Waals surface area contributed by atoms with Crippen molar-refractivity contribution in [1.82, 2.24) is 9.88 Å². The van der Waals surface area contributed by atoms with Crippen LogP contribution < -0.4 is 5.32 Å². The molecular weight excluding hydrogens is 634 g/mol. The minimum atomic E-state index is -3.95. The maximum Gasteiger partial charge on any atom is 0.410 e. The third-order valence-electron chi connectivity index (χ3n) is 7.75. The first-order valence-electron chi connectivity index (χ1n) is 15.3. The van der Waals surface area contributed by atoms with Crippen LogP contribution in [0.5, 0.6) is 0 Å². The summed E-state index contributed by atoms with van der Waals surface area (Å²) < 4.78 is 5.44. The van der Waals surface area contributed by atoms with Gasteiger partial charge in [0, 0.05) is 59.1 Å². The lowest BCUT2D eigenvalue weighted by Gasteiger charge is -2.34. The van der Waals surface area contributed by atoms with Crippen molar-refractivity contribution in [2.45, 2.75) is 50.0 Å². The summed E-state index contributed by atoms with van der Waals surface area (Å²) in [6.07, 6.45) is 4.35. The molecule has 3 atom stereocenters. The lowest BCUT2D eigenvalue weighted by Crippen LogP contribution is -2.71. The van der Waals surface area contributed by atoms with Crippen molar-refractivity contribution in [3.63, 3.8) is 0 Å². The number of hydrogen-bond acceptors (Lipinski definition) is 10. The van der Waals surface area contributed by atoms with Gasteiger partial charge < -0.3 is 35.4 Å². The first kappa shape index (κ1) is 36.2. The number of rotatable bonds is 9. The minimum Gasteiger partial charge on any atom is -0.479 e. The number of carbonyl (C=O) groups is 5. The standard InChI is InChI=1S/C18H23N3O2.C18H14O8/c1-18(2,3)23-17(22)21-10-8-14(12-21)20-16-6-4-5-13-11-19-9-7-15(13)16;19-13(11-7-3-1-4-8-11)17(25,15(21)22)18(26,16(23)24)14(20)12-9-5-2-6-10-12/h4-7,9,11,14,20H,8,10,12H2,1-3H3;1-10,25-26H,(H,21,22)(H,23,24)/t14-;17-,18-/m11/s1. The van der Waals surface area contributed by atoms with E-state index in [1.165, 1.54) is 36.4 Å². The van der Waals surface area contributed by atoms with E-state index in [0.29, 0.717) is 6.54 Å². The Balaban J connectivity index is 0.000000222. The minimum absolute atomic E-state index is 0.232. The summed E-state index contributed by atoms with van der Waals surface area (Å²) in [5.74, 6) is -8.03. The lowest BCUT2D eigenvalue weighted by molar-refractivity contribution is -0.187. The number of fused-ring (bicyclic) bond motifs is 1. The fraction of sp³-hybridized carbons (Fsp3) is 0.278. The number of nitrogens with zero attached hydrogens (tertiary/aromatic N) is 2. The van der Waals surface area contributed by atoms with E-state index in [1.54, 1.807) is 11.1 Å². The number of amides is 1. The van der Waals surface area contributed by atoms with Gasteiger partial charge >= 0.3 is 18.0 Å². The Kier molecular flexibility index (Phi) is 10.8. The molecule has 0 saturated carbocycles. The number of carboxylic acids is 2. The van der Waals surface area contributed by atoms with Crippen LogP contribution in [-0.4, -0.2) is 95.8 Å². The first-order chi connectivity index (χ1) is 23.1. The Morgan fingerprint density at radius 2 is 1.31 bits per heavy atom. The number of anilines is 1. The number of hydrogen-bond donors (Lipinski definition) is 5. The predicted molar refractivity (Wildman–Crippen MR) is 178 cm³/mol. The van der Waals surface area contributed by atoms with E-state index in [9.17, 15) is 44.4 Å². The number of aliphatic carboxylic acids is 2. The van der Waals surface area contributed by atoms with Crippen molar-refractivity contribution >= 4 is 46.1 Å². The number of carboxylic acid groups (broad SMARTS) is 2. The topological polar surface area (TPSA) is 204 Å². The average molecular weight is 672 g/mol. The van der Waals surface area contributed by atoms with Crippen LogP contribution in [-0.2, 0) is 14.3 Å². The molecule has 0 bridgehead atoms. The van der Waals surface area contributed by atoms with Crippen LogP contribution >= 0.6 is 0 Å². The molecule has 0 radical (unpaired) electrons. The zero-order valence-electron chi connectivity index (χ0n) is 27.1. The number of Topliss-reactive ketones (excluding diaryl/α,β-unsaturated/α-hetero) is 2. The van der Waals surface area contributed by atoms with Gasteiger partial charge in [0.1, 0.15) is 5.60 Å². The predicted octanol–water partition coefficient (Wildman–Crippen LogP) is 4.04. The smallest absolute Gasteiger partial charge is 0.410 e. The van der Waals surface area contributed by atoms with E-state index in [2.05, 4.69) is 22.4 Å². The van der Waals surface area contributed by atoms with Crippen LogP contribution in [0, 0.1) is 0 Å². The maximum absolute atomic E-state index is 12.6. The molecule has 1 aliphatic rings. The first-order valence-corrected chi connectivity index (χ1v) is 15.3. The molecule has 1 fully saturated rings. The van der Waals surface area contributed by atoms with Crippen molar-refractivity contribution in [1.29, 1.82) is 0 Å². The average Bonchev–Trinajstić information content (AvgIpc) is 3.56. The SMILES string of the molecule is CC(C)(C)OC(=O)N1CC[C@@H](Nc2cccc3cnccc23)C1.O=C(O)[C@](O)(C(=O)c1ccccc1)[C@](O)(C(=O)O)C(=O)c1ccccc1. The molecule has 49 heavy (non-hydrogen) atoms. The summed E-state index contributed by atoms with van der Waals surface area (Å²) in [5, 5.41) is 45.7. The van der Waals surface area contributed by atoms with Gasteiger partial charge in [0.25, 0.3) is 11.2 Å². The summed E-state index contributed by atoms with van der Waals surface area (Å²) in [6.45, 7) is 7.05. The summed E-state index contributed by atoms with van der Waals surface area (Å²) in [5.41, 5.74) is -8.05. The molecule has 2 heterocycles. The quantitative estimate of drug-likeness (QED) is 0.126. The molecule has 1 saturated heterocycles. The lowest BCUT2D eigenvalue weighted by atomic mass is 9.73. The fourth-order valence-corrected chi connectivity index (χ4v) is 5.27. The number of pyridine rings is 1. The summed E-state index contributed by atoms with van der Waals surface area (Å²) in [7, 11) is 0. The molecule has 13 heteroatoms. The van der Waals surface area contributed by atoms with E-state index in [0.717, 1.165) is 53.7 Å². The summed E-state index contributed by atoms with van der Waals surface area (Å²) in [4.78, 5) is 66.6. The van der Waals surface area contributed by atoms with Gasteiger partial charge in [-0.1, -0.05) is 72.8 Å². The second-order valence-electron chi connectivity index (χ2n) is 12.4. The van der Waals surface area contributed by atoms with E-state index >= 15 is 0 Å². The number of nitrogens with one attached hydrogen (secondary N) is 1. The molecule has 13 nitrogen and oxygen atoms in total. The molecule has 4 aromatic rings. The monoisotopic (exact) mass is 671 g/mol. The number of likely N-dealkylation sites (tertiary alicyclic amines) is 1. The number of ketones is 2. The van der Waals surface area contributed by atoms with Crippen LogP contribution in [0.3, 0.4) is 0 Å². The fourth-order valence-electron chi connectivity index (χ4n) is 5.27. The van der Waals surface area contributed by atoms with Crippen LogP contribution in [0.4, 0.5) is 10.5 Å². The maximum atomic E-state index is 12.6. The summed E-state index contributed by atoms with van der Waals surface area (Å²) in [6, 6.07) is 21.2. The van der Waals surface area contributed by atoms with Gasteiger partial charge in [-0.15, -0.1) is 0 Å². The van der Waals surface area contributed by atoms with Crippen LogP contribution in [0.2, 0.25) is 0 Å². The molecule has 3 aromatic carbocycles. The number of aromatic nitrogens is 1. The Hall–Kier alpha value is -5.66. The molecule has 1 aliphatic heterocycles. The van der Waals surface area contributed by atoms with Gasteiger partial charge in [-0.2, -0.15) is 0 Å². The zero-order chi connectivity index (χ0) is 36.0. The normalized spacial score (nSPS) is 16.7. The van der Waals surface area contributed by atoms with Crippen molar-refractivity contribution in [2.24, 2.45) is 0 Å². The highest BCUT2D eigenvalue weighted by atomic mass is 16.6. The molecule has 1 aromatic heterocycles. The van der Waals surface area contributed by atoms with Crippen LogP contribution in [0.25, 0.3) is 10.8 Å². The van der Waals surface area contributed by atoms with Crippen LogP contribution in [0.15, 0.2) is 97.3 Å². The van der Waals surface area contributed by atoms with Gasteiger partial charge in [-0.05, 0) is 39.3 Å². The molecule has 0 spiro atoms. The summed E-state index contributed by atoms with van der Waals surface area (Å²) >= 11 is 0. The number of aliphatic hydroxyl groups is 2. The van der Waals surface area contributed by atoms with E-state index in [4.69, 9.17) is 4.74 Å². The highest BCUT2D eigenvalue weighted by Gasteiger charge is 2.69. The molecule has 5 rings (SSSR count). The highest BCUT2D eigenvalue weighted by Crippen LogP contribution is 2.32. The molecule has 0 aliphatic carbocycles. The highest BCUT2D eigenvalue weighted by molar-refractivity contribution is 6.28. The zero-order valence-corrected chi connectivity index (χ0v) is 27.1. The second-order valence-corrected chi connectivity index (χ2v) is 12.4. The number of benzene rings is 3. The second kappa shape index (κ2) is 14.6. The Bertz CT molecular complexity index is 1770. The van der Waals surface area contributed by atoms with Gasteiger partial charge in [-0.25, -0.2) is 14.4 Å². The third kappa shape index (κ3) is 7.74. The van der Waals surface area contributed by atoms with E-state index < -0.39 is 51.4 Å². The Morgan fingerprint density at radius 3 is 1.80 bits per heavy atom. The van der Waals surface area contributed by atoms with Crippen LogP contribution in [0.1, 0.15) is 47.9 Å². The molecule has 0 unspecified atom stereocenters. The molecular formula is C36H37N3O10. The van der Waals surface area contributed by atoms with Gasteiger partial charge in [-0.3, -0.25) is 14.6 Å².